The summed E-state index contributed by atoms with van der Waals surface area (Å²) in [5.41, 5.74) is 0.312. The Morgan fingerprint density at radius 2 is 1.78 bits per heavy atom. The smallest absolute Gasteiger partial charge is 0.328 e. The molecule has 1 unspecified atom stereocenters. The second-order valence-corrected chi connectivity index (χ2v) is 4.20. The van der Waals surface area contributed by atoms with Crippen molar-refractivity contribution in [1.82, 2.24) is 5.32 Å². The van der Waals surface area contributed by atoms with Gasteiger partial charge >= 0.3 is 12.0 Å². The fourth-order valence-corrected chi connectivity index (χ4v) is 1.66. The third-order valence-electron chi connectivity index (χ3n) is 1.91. The van der Waals surface area contributed by atoms with Crippen LogP contribution in [-0.2, 0) is 4.79 Å². The van der Waals surface area contributed by atoms with Gasteiger partial charge in [0.1, 0.15) is 0 Å². The second-order valence-electron chi connectivity index (χ2n) is 3.33. The number of aliphatic hydroxyl groups is 1. The average molecular weight is 293 g/mol. The number of halogens is 2. The number of carbonyl (C=O) groups is 2. The molecule has 0 saturated heterocycles. The van der Waals surface area contributed by atoms with Crippen molar-refractivity contribution >= 4 is 40.9 Å². The summed E-state index contributed by atoms with van der Waals surface area (Å²) in [6.07, 6.45) is 0. The SMILES string of the molecule is O=C(Nc1cc(Cl)cc(Cl)c1)NC(CO)C(=O)O. The Morgan fingerprint density at radius 3 is 2.22 bits per heavy atom. The van der Waals surface area contributed by atoms with Crippen LogP contribution in [0.3, 0.4) is 0 Å². The standard InChI is InChI=1S/C10H10Cl2N2O4/c11-5-1-6(12)3-7(2-5)13-10(18)14-8(4-15)9(16)17/h1-3,8,15H,4H2,(H,16,17)(H2,13,14,18). The van der Waals surface area contributed by atoms with E-state index in [9.17, 15) is 9.59 Å². The number of carboxylic acids is 1. The molecule has 1 aromatic rings. The van der Waals surface area contributed by atoms with Crippen molar-refractivity contribution in [3.05, 3.63) is 28.2 Å². The van der Waals surface area contributed by atoms with E-state index < -0.39 is 24.6 Å². The summed E-state index contributed by atoms with van der Waals surface area (Å²) in [5, 5.41) is 22.4. The Bertz CT molecular complexity index is 447. The van der Waals surface area contributed by atoms with Crippen molar-refractivity contribution in [3.63, 3.8) is 0 Å². The number of aliphatic hydroxyl groups excluding tert-OH is 1. The van der Waals surface area contributed by atoms with E-state index in [2.05, 4.69) is 10.6 Å². The van der Waals surface area contributed by atoms with Gasteiger partial charge in [0.2, 0.25) is 0 Å². The van der Waals surface area contributed by atoms with Crippen molar-refractivity contribution in [2.24, 2.45) is 0 Å². The van der Waals surface area contributed by atoms with Crippen molar-refractivity contribution < 1.29 is 19.8 Å². The van der Waals surface area contributed by atoms with Gasteiger partial charge in [-0.15, -0.1) is 0 Å². The number of carbonyl (C=O) groups excluding carboxylic acids is 1. The van der Waals surface area contributed by atoms with Crippen molar-refractivity contribution in [3.8, 4) is 0 Å². The van der Waals surface area contributed by atoms with E-state index in [0.29, 0.717) is 15.7 Å². The van der Waals surface area contributed by atoms with Crippen LogP contribution in [-0.4, -0.2) is 34.9 Å². The number of amides is 2. The van der Waals surface area contributed by atoms with Crippen LogP contribution in [0.25, 0.3) is 0 Å². The first-order valence-electron chi connectivity index (χ1n) is 4.79. The predicted octanol–water partition coefficient (Wildman–Crippen LogP) is 1.56. The molecule has 0 radical (unpaired) electrons. The molecule has 98 valence electrons. The largest absolute Gasteiger partial charge is 0.480 e. The summed E-state index contributed by atoms with van der Waals surface area (Å²) < 4.78 is 0. The Balaban J connectivity index is 2.67. The molecule has 4 N–H and O–H groups in total. The molecular formula is C10H10Cl2N2O4. The lowest BCUT2D eigenvalue weighted by molar-refractivity contribution is -0.140. The van der Waals surface area contributed by atoms with Gasteiger partial charge < -0.3 is 20.8 Å². The predicted molar refractivity (Wildman–Crippen MR) is 67.1 cm³/mol. The second kappa shape index (κ2) is 6.44. The van der Waals surface area contributed by atoms with E-state index in [4.69, 9.17) is 33.4 Å². The fraction of sp³-hybridized carbons (Fsp3) is 0.200. The van der Waals surface area contributed by atoms with E-state index in [1.54, 1.807) is 0 Å². The molecule has 8 heteroatoms. The Hall–Kier alpha value is -1.50. The van der Waals surface area contributed by atoms with Gasteiger partial charge in [-0.1, -0.05) is 23.2 Å². The Kier molecular flexibility index (Phi) is 5.21. The molecule has 0 aromatic heterocycles. The molecule has 0 heterocycles. The number of carboxylic acid groups (broad SMARTS) is 1. The van der Waals surface area contributed by atoms with E-state index in [1.807, 2.05) is 0 Å². The van der Waals surface area contributed by atoms with Crippen LogP contribution in [0.5, 0.6) is 0 Å². The summed E-state index contributed by atoms with van der Waals surface area (Å²) in [7, 11) is 0. The van der Waals surface area contributed by atoms with Gasteiger partial charge in [-0.25, -0.2) is 9.59 Å². The number of rotatable bonds is 4. The molecule has 0 aliphatic carbocycles. The maximum atomic E-state index is 11.4. The van der Waals surface area contributed by atoms with Crippen LogP contribution < -0.4 is 10.6 Å². The van der Waals surface area contributed by atoms with Gasteiger partial charge in [0, 0.05) is 15.7 Å². The summed E-state index contributed by atoms with van der Waals surface area (Å²) in [6.45, 7) is -0.709. The number of benzene rings is 1. The first kappa shape index (κ1) is 14.6. The highest BCUT2D eigenvalue weighted by Gasteiger charge is 2.18. The Labute approximate surface area is 113 Å². The number of aliphatic carboxylic acids is 1. The third kappa shape index (κ3) is 4.40. The van der Waals surface area contributed by atoms with Crippen molar-refractivity contribution in [2.45, 2.75) is 6.04 Å². The molecular weight excluding hydrogens is 283 g/mol. The summed E-state index contributed by atoms with van der Waals surface area (Å²) >= 11 is 11.5. The van der Waals surface area contributed by atoms with Gasteiger partial charge in [-0.3, -0.25) is 0 Å². The number of anilines is 1. The molecule has 0 fully saturated rings. The molecule has 0 aliphatic rings. The van der Waals surface area contributed by atoms with Gasteiger partial charge in [-0.2, -0.15) is 0 Å². The van der Waals surface area contributed by atoms with Crippen molar-refractivity contribution in [1.29, 1.82) is 0 Å². The number of hydrogen-bond donors (Lipinski definition) is 4. The number of hydrogen-bond acceptors (Lipinski definition) is 3. The maximum absolute atomic E-state index is 11.4. The molecule has 0 bridgehead atoms. The minimum atomic E-state index is -1.38. The molecule has 6 nitrogen and oxygen atoms in total. The van der Waals surface area contributed by atoms with Crippen LogP contribution in [0.2, 0.25) is 10.0 Å². The first-order chi connectivity index (χ1) is 8.42. The topological polar surface area (TPSA) is 98.7 Å². The zero-order valence-electron chi connectivity index (χ0n) is 8.98. The molecule has 1 atom stereocenters. The number of nitrogens with one attached hydrogen (secondary N) is 2. The van der Waals surface area contributed by atoms with E-state index in [0.717, 1.165) is 0 Å². The zero-order valence-corrected chi connectivity index (χ0v) is 10.5. The van der Waals surface area contributed by atoms with Crippen LogP contribution in [0.4, 0.5) is 10.5 Å². The van der Waals surface area contributed by atoms with Gasteiger partial charge in [0.25, 0.3) is 0 Å². The average Bonchev–Trinajstić information content (AvgIpc) is 2.23. The highest BCUT2D eigenvalue weighted by molar-refractivity contribution is 6.35. The third-order valence-corrected chi connectivity index (χ3v) is 2.34. The minimum Gasteiger partial charge on any atom is -0.480 e. The lowest BCUT2D eigenvalue weighted by Gasteiger charge is -2.12. The normalized spacial score (nSPS) is 11.7. The Morgan fingerprint density at radius 1 is 1.22 bits per heavy atom. The van der Waals surface area contributed by atoms with Crippen LogP contribution in [0, 0.1) is 0 Å². The van der Waals surface area contributed by atoms with Crippen LogP contribution in [0.1, 0.15) is 0 Å². The minimum absolute atomic E-state index is 0.312. The lowest BCUT2D eigenvalue weighted by atomic mass is 10.3. The lowest BCUT2D eigenvalue weighted by Crippen LogP contribution is -2.45. The molecule has 2 amide bonds. The van der Waals surface area contributed by atoms with Crippen molar-refractivity contribution in [2.75, 3.05) is 11.9 Å². The van der Waals surface area contributed by atoms with E-state index in [-0.39, 0.29) is 0 Å². The van der Waals surface area contributed by atoms with E-state index >= 15 is 0 Å². The number of urea groups is 1. The molecule has 0 saturated carbocycles. The molecule has 0 aliphatic heterocycles. The zero-order chi connectivity index (χ0) is 13.7. The van der Waals surface area contributed by atoms with Crippen LogP contribution in [0.15, 0.2) is 18.2 Å². The van der Waals surface area contributed by atoms with Gasteiger partial charge in [-0.05, 0) is 18.2 Å². The summed E-state index contributed by atoms with van der Waals surface area (Å²) in [5.74, 6) is -1.34. The van der Waals surface area contributed by atoms with Gasteiger partial charge in [0.05, 0.1) is 6.61 Å². The summed E-state index contributed by atoms with van der Waals surface area (Å²) in [6, 6.07) is 2.22. The quantitative estimate of drug-likeness (QED) is 0.677. The first-order valence-corrected chi connectivity index (χ1v) is 5.55. The molecule has 1 rings (SSSR count). The fourth-order valence-electron chi connectivity index (χ4n) is 1.14. The summed E-state index contributed by atoms with van der Waals surface area (Å²) in [4.78, 5) is 22.0. The highest BCUT2D eigenvalue weighted by Crippen LogP contribution is 2.22. The monoisotopic (exact) mass is 292 g/mol. The van der Waals surface area contributed by atoms with Gasteiger partial charge in [0.15, 0.2) is 6.04 Å². The maximum Gasteiger partial charge on any atom is 0.328 e. The van der Waals surface area contributed by atoms with E-state index in [1.165, 1.54) is 18.2 Å². The molecule has 0 spiro atoms. The molecule has 1 aromatic carbocycles. The van der Waals surface area contributed by atoms with Crippen LogP contribution >= 0.6 is 23.2 Å². The highest BCUT2D eigenvalue weighted by atomic mass is 35.5. The molecule has 18 heavy (non-hydrogen) atoms.